The van der Waals surface area contributed by atoms with Crippen LogP contribution >= 0.6 is 11.6 Å². The lowest BCUT2D eigenvalue weighted by Crippen LogP contribution is -2.52. The van der Waals surface area contributed by atoms with Gasteiger partial charge in [-0.05, 0) is 31.9 Å². The Morgan fingerprint density at radius 2 is 1.55 bits per heavy atom. The summed E-state index contributed by atoms with van der Waals surface area (Å²) in [6, 6.07) is 2.15. The van der Waals surface area contributed by atoms with Gasteiger partial charge in [0.1, 0.15) is 0 Å². The molecule has 0 spiro atoms. The zero-order valence-electron chi connectivity index (χ0n) is 10.6. The molecule has 0 saturated carbocycles. The van der Waals surface area contributed by atoms with Crippen LogP contribution in [0.1, 0.15) is 19.4 Å². The molecule has 2 N–H and O–H groups in total. The molecule has 2 rings (SSSR count). The number of hydrogen-bond donors (Lipinski definition) is 1. The molecule has 0 aromatic heterocycles. The summed E-state index contributed by atoms with van der Waals surface area (Å²) in [6.07, 6.45) is -9.24. The van der Waals surface area contributed by atoms with Crippen molar-refractivity contribution in [3.63, 3.8) is 0 Å². The van der Waals surface area contributed by atoms with Gasteiger partial charge in [-0.25, -0.2) is 0 Å². The molecule has 1 aromatic rings. The highest BCUT2D eigenvalue weighted by Crippen LogP contribution is 2.48. The van der Waals surface area contributed by atoms with E-state index in [0.29, 0.717) is 5.56 Å². The molecule has 0 saturated heterocycles. The van der Waals surface area contributed by atoms with Gasteiger partial charge in [0.05, 0.1) is 0 Å². The lowest BCUT2D eigenvalue weighted by molar-refractivity contribution is -0.391. The van der Waals surface area contributed by atoms with E-state index in [1.807, 2.05) is 0 Å². The van der Waals surface area contributed by atoms with Gasteiger partial charge in [-0.1, -0.05) is 11.6 Å². The first-order valence-corrected chi connectivity index (χ1v) is 6.04. The van der Waals surface area contributed by atoms with E-state index >= 15 is 0 Å². The van der Waals surface area contributed by atoms with Crippen molar-refractivity contribution in [3.8, 4) is 11.5 Å². The number of ether oxygens (including phenoxy) is 2. The first kappa shape index (κ1) is 15.2. The van der Waals surface area contributed by atoms with Gasteiger partial charge in [0, 0.05) is 16.6 Å². The van der Waals surface area contributed by atoms with Crippen LogP contribution in [0.4, 0.5) is 17.6 Å². The topological polar surface area (TPSA) is 44.5 Å². The van der Waals surface area contributed by atoms with Crippen LogP contribution in [0.3, 0.4) is 0 Å². The standard InChI is InChI=1S/C12H12ClF4NO2/c1-10(2,18)5-6-3-8-9(4-7(6)13)20-12(16,17)11(14,15)19-8/h3-4H,5,18H2,1-2H3. The third-order valence-corrected chi connectivity index (χ3v) is 2.93. The number of fused-ring (bicyclic) bond motifs is 1. The number of hydrogen-bond acceptors (Lipinski definition) is 3. The first-order chi connectivity index (χ1) is 8.91. The van der Waals surface area contributed by atoms with Gasteiger partial charge in [-0.2, -0.15) is 17.6 Å². The largest absolute Gasteiger partial charge is 0.507 e. The molecule has 0 fully saturated rings. The minimum atomic E-state index is -4.75. The van der Waals surface area contributed by atoms with Crippen molar-refractivity contribution < 1.29 is 27.0 Å². The van der Waals surface area contributed by atoms with Crippen LogP contribution in [-0.2, 0) is 6.42 Å². The van der Waals surface area contributed by atoms with Gasteiger partial charge in [0.15, 0.2) is 11.5 Å². The smallest absolute Gasteiger partial charge is 0.421 e. The van der Waals surface area contributed by atoms with E-state index in [1.165, 1.54) is 0 Å². The van der Waals surface area contributed by atoms with Gasteiger partial charge < -0.3 is 15.2 Å². The lowest BCUT2D eigenvalue weighted by Gasteiger charge is -2.32. The average molecular weight is 314 g/mol. The monoisotopic (exact) mass is 313 g/mol. The van der Waals surface area contributed by atoms with Crippen LogP contribution in [-0.4, -0.2) is 17.8 Å². The van der Waals surface area contributed by atoms with Crippen molar-refractivity contribution in [2.45, 2.75) is 38.0 Å². The number of benzene rings is 1. The van der Waals surface area contributed by atoms with Crippen LogP contribution < -0.4 is 15.2 Å². The SMILES string of the molecule is CC(C)(N)Cc1cc2c(cc1Cl)OC(F)(F)C(F)(F)O2. The predicted octanol–water partition coefficient (Wildman–Crippen LogP) is 3.58. The molecule has 0 radical (unpaired) electrons. The normalized spacial score (nSPS) is 19.8. The van der Waals surface area contributed by atoms with E-state index in [-0.39, 0.29) is 11.4 Å². The van der Waals surface area contributed by atoms with Crippen LogP contribution in [0.5, 0.6) is 11.5 Å². The Balaban J connectivity index is 2.43. The number of nitrogens with two attached hydrogens (primary N) is 1. The summed E-state index contributed by atoms with van der Waals surface area (Å²) in [5.74, 6) is -1.03. The molecule has 0 aliphatic carbocycles. The Morgan fingerprint density at radius 3 is 2.00 bits per heavy atom. The maximum absolute atomic E-state index is 13.1. The number of rotatable bonds is 2. The fraction of sp³-hybridized carbons (Fsp3) is 0.500. The van der Waals surface area contributed by atoms with E-state index in [2.05, 4.69) is 9.47 Å². The summed E-state index contributed by atoms with van der Waals surface area (Å²) in [7, 11) is 0. The van der Waals surface area contributed by atoms with Gasteiger partial charge in [0.25, 0.3) is 0 Å². The Hall–Kier alpha value is -1.21. The number of alkyl halides is 4. The fourth-order valence-electron chi connectivity index (χ4n) is 1.76. The maximum Gasteiger partial charge on any atom is 0.507 e. The Morgan fingerprint density at radius 1 is 1.10 bits per heavy atom. The summed E-state index contributed by atoms with van der Waals surface area (Å²) in [6.45, 7) is 3.42. The molecule has 0 amide bonds. The summed E-state index contributed by atoms with van der Waals surface area (Å²) >= 11 is 5.91. The summed E-state index contributed by atoms with van der Waals surface area (Å²) < 4.78 is 60.2. The van der Waals surface area contributed by atoms with Crippen molar-refractivity contribution in [1.29, 1.82) is 0 Å². The third kappa shape index (κ3) is 2.78. The molecule has 1 aliphatic heterocycles. The second-order valence-corrected chi connectivity index (χ2v) is 5.70. The van der Waals surface area contributed by atoms with E-state index < -0.39 is 29.3 Å². The van der Waals surface area contributed by atoms with Crippen LogP contribution in [0.15, 0.2) is 12.1 Å². The average Bonchev–Trinajstić information content (AvgIpc) is 2.20. The van der Waals surface area contributed by atoms with Crippen LogP contribution in [0.2, 0.25) is 5.02 Å². The second-order valence-electron chi connectivity index (χ2n) is 5.29. The third-order valence-electron chi connectivity index (χ3n) is 2.57. The highest BCUT2D eigenvalue weighted by Gasteiger charge is 2.66. The van der Waals surface area contributed by atoms with E-state index in [0.717, 1.165) is 12.1 Å². The van der Waals surface area contributed by atoms with Crippen molar-refractivity contribution >= 4 is 11.6 Å². The minimum Gasteiger partial charge on any atom is -0.421 e. The van der Waals surface area contributed by atoms with E-state index in [1.54, 1.807) is 13.8 Å². The second kappa shape index (κ2) is 4.39. The molecule has 112 valence electrons. The molecule has 0 unspecified atom stereocenters. The van der Waals surface area contributed by atoms with Crippen molar-refractivity contribution in [1.82, 2.24) is 0 Å². The zero-order valence-corrected chi connectivity index (χ0v) is 11.4. The molecule has 1 aromatic carbocycles. The quantitative estimate of drug-likeness (QED) is 0.849. The minimum absolute atomic E-state index is 0.0897. The Labute approximate surface area is 117 Å². The van der Waals surface area contributed by atoms with Crippen molar-refractivity contribution in [2.24, 2.45) is 5.73 Å². The lowest BCUT2D eigenvalue weighted by atomic mass is 9.96. The Bertz CT molecular complexity index is 543. The van der Waals surface area contributed by atoms with Gasteiger partial charge >= 0.3 is 12.2 Å². The van der Waals surface area contributed by atoms with Crippen LogP contribution in [0.25, 0.3) is 0 Å². The van der Waals surface area contributed by atoms with Crippen molar-refractivity contribution in [3.05, 3.63) is 22.7 Å². The molecule has 20 heavy (non-hydrogen) atoms. The highest BCUT2D eigenvalue weighted by atomic mass is 35.5. The van der Waals surface area contributed by atoms with Gasteiger partial charge in [-0.15, -0.1) is 0 Å². The predicted molar refractivity (Wildman–Crippen MR) is 64.6 cm³/mol. The molecule has 3 nitrogen and oxygen atoms in total. The van der Waals surface area contributed by atoms with Crippen molar-refractivity contribution in [2.75, 3.05) is 0 Å². The fourth-order valence-corrected chi connectivity index (χ4v) is 1.98. The molecule has 0 bridgehead atoms. The molecular formula is C12H12ClF4NO2. The molecular weight excluding hydrogens is 302 g/mol. The zero-order chi connectivity index (χ0) is 15.3. The van der Waals surface area contributed by atoms with Gasteiger partial charge in [-0.3, -0.25) is 0 Å². The molecule has 8 heteroatoms. The molecule has 0 atom stereocenters. The molecule has 1 aliphatic rings. The van der Waals surface area contributed by atoms with E-state index in [4.69, 9.17) is 17.3 Å². The highest BCUT2D eigenvalue weighted by molar-refractivity contribution is 6.31. The van der Waals surface area contributed by atoms with E-state index in [9.17, 15) is 17.6 Å². The van der Waals surface area contributed by atoms with Crippen LogP contribution in [0, 0.1) is 0 Å². The Kier molecular flexibility index (Phi) is 3.33. The van der Waals surface area contributed by atoms with Gasteiger partial charge in [0.2, 0.25) is 0 Å². The molecule has 1 heterocycles. The summed E-state index contributed by atoms with van der Waals surface area (Å²) in [5, 5.41) is 0.0897. The summed E-state index contributed by atoms with van der Waals surface area (Å²) in [4.78, 5) is 0. The maximum atomic E-state index is 13.1. The first-order valence-electron chi connectivity index (χ1n) is 5.66. The number of halogens is 5. The summed E-state index contributed by atoms with van der Waals surface area (Å²) in [5.41, 5.74) is 5.56.